The molecule has 0 saturated carbocycles. The van der Waals surface area contributed by atoms with Crippen LogP contribution < -0.4 is 14.8 Å². The van der Waals surface area contributed by atoms with Gasteiger partial charge in [0.25, 0.3) is 0 Å². The van der Waals surface area contributed by atoms with E-state index in [4.69, 9.17) is 9.47 Å². The lowest BCUT2D eigenvalue weighted by molar-refractivity contribution is 0.354. The molecule has 1 aliphatic rings. The third-order valence-electron chi connectivity index (χ3n) is 5.10. The first kappa shape index (κ1) is 18.6. The van der Waals surface area contributed by atoms with Crippen molar-refractivity contribution in [2.45, 2.75) is 25.8 Å². The van der Waals surface area contributed by atoms with E-state index in [9.17, 15) is 0 Å². The zero-order valence-electron chi connectivity index (χ0n) is 15.4. The molecule has 0 radical (unpaired) electrons. The van der Waals surface area contributed by atoms with Crippen LogP contribution in [0.2, 0.25) is 0 Å². The lowest BCUT2D eigenvalue weighted by Crippen LogP contribution is -2.31. The third kappa shape index (κ3) is 3.27. The Morgan fingerprint density at radius 2 is 1.88 bits per heavy atom. The van der Waals surface area contributed by atoms with Gasteiger partial charge in [0.2, 0.25) is 0 Å². The summed E-state index contributed by atoms with van der Waals surface area (Å²) in [6.07, 6.45) is 1.99. The topological polar surface area (TPSA) is 46.3 Å². The van der Waals surface area contributed by atoms with Crippen LogP contribution in [0.5, 0.6) is 11.5 Å². The number of aromatic nitrogens is 1. The van der Waals surface area contributed by atoms with Gasteiger partial charge in [-0.15, -0.1) is 12.4 Å². The average Bonchev–Trinajstić information content (AvgIpc) is 3.00. The maximum absolute atomic E-state index is 5.44. The van der Waals surface area contributed by atoms with Gasteiger partial charge in [-0.3, -0.25) is 0 Å². The first-order valence-corrected chi connectivity index (χ1v) is 8.75. The van der Waals surface area contributed by atoms with E-state index in [1.54, 1.807) is 14.2 Å². The fourth-order valence-electron chi connectivity index (χ4n) is 3.84. The van der Waals surface area contributed by atoms with Gasteiger partial charge in [-0.25, -0.2) is 0 Å². The fraction of sp³-hybridized carbons (Fsp3) is 0.333. The zero-order chi connectivity index (χ0) is 17.4. The Labute approximate surface area is 161 Å². The van der Waals surface area contributed by atoms with Crippen molar-refractivity contribution < 1.29 is 10.9 Å². The highest BCUT2D eigenvalue weighted by atomic mass is 35.5. The number of methoxy groups -OCH3 is 2. The highest BCUT2D eigenvalue weighted by molar-refractivity contribution is 5.86. The monoisotopic (exact) mass is 374 g/mol. The summed E-state index contributed by atoms with van der Waals surface area (Å²) < 4.78 is 10.8. The maximum atomic E-state index is 5.44. The van der Waals surface area contributed by atoms with Crippen LogP contribution in [0.4, 0.5) is 0 Å². The van der Waals surface area contributed by atoms with Crippen LogP contribution in [0.15, 0.2) is 36.4 Å². The summed E-state index contributed by atoms with van der Waals surface area (Å²) in [4.78, 5) is 3.65. The van der Waals surface area contributed by atoms with Crippen LogP contribution >= 0.6 is 12.4 Å². The van der Waals surface area contributed by atoms with Crippen molar-refractivity contribution in [3.05, 3.63) is 58.8 Å². The van der Waals surface area contributed by atoms with Crippen LogP contribution in [0.25, 0.3) is 10.9 Å². The highest BCUT2D eigenvalue weighted by Crippen LogP contribution is 2.34. The molecule has 1 unspecified atom stereocenters. The molecule has 1 atom stereocenters. The predicted octanol–water partition coefficient (Wildman–Crippen LogP) is 4.59. The molecule has 3 aromatic rings. The molecule has 0 saturated heterocycles. The Bertz CT molecular complexity index is 926. The van der Waals surface area contributed by atoms with Gasteiger partial charge in [0.15, 0.2) is 11.5 Å². The second kappa shape index (κ2) is 7.60. The molecule has 0 amide bonds. The van der Waals surface area contributed by atoms with Crippen molar-refractivity contribution in [3.8, 4) is 11.5 Å². The zero-order valence-corrected chi connectivity index (χ0v) is 16.2. The molecule has 0 bridgehead atoms. The summed E-state index contributed by atoms with van der Waals surface area (Å²) in [6.45, 7) is 3.16. The number of ether oxygens (including phenoxy) is 2. The predicted molar refractivity (Wildman–Crippen MR) is 110 cm³/mol. The smallest absolute Gasteiger partial charge is 0.160 e. The SMILES string of the molecule is COc1ccc(CC2NCCc3c2[nH]c2ccc(C)cc32)cc1OC.Cl.[HH]. The molecule has 0 aliphatic carbocycles. The van der Waals surface area contributed by atoms with Crippen molar-refractivity contribution in [2.75, 3.05) is 20.8 Å². The first-order chi connectivity index (χ1) is 12.2. The highest BCUT2D eigenvalue weighted by Gasteiger charge is 2.24. The Morgan fingerprint density at radius 3 is 2.65 bits per heavy atom. The quantitative estimate of drug-likeness (QED) is 0.702. The summed E-state index contributed by atoms with van der Waals surface area (Å²) in [6, 6.07) is 13.1. The van der Waals surface area contributed by atoms with Crippen LogP contribution in [-0.4, -0.2) is 25.7 Å². The van der Waals surface area contributed by atoms with Gasteiger partial charge in [0, 0.05) is 18.0 Å². The number of aryl methyl sites for hydroxylation is 1. The summed E-state index contributed by atoms with van der Waals surface area (Å²) in [5, 5.41) is 5.03. The van der Waals surface area contributed by atoms with Crippen molar-refractivity contribution >= 4 is 23.3 Å². The number of halogens is 1. The first-order valence-electron chi connectivity index (χ1n) is 8.75. The van der Waals surface area contributed by atoms with Gasteiger partial charge in [0.05, 0.1) is 20.3 Å². The van der Waals surface area contributed by atoms with Crippen LogP contribution in [0.3, 0.4) is 0 Å². The van der Waals surface area contributed by atoms with Gasteiger partial charge in [-0.1, -0.05) is 17.7 Å². The molecular weight excluding hydrogens is 348 g/mol. The number of nitrogens with one attached hydrogen (secondary N) is 2. The average molecular weight is 375 g/mol. The van der Waals surface area contributed by atoms with E-state index in [-0.39, 0.29) is 19.9 Å². The van der Waals surface area contributed by atoms with Gasteiger partial charge in [-0.05, 0) is 61.7 Å². The van der Waals surface area contributed by atoms with E-state index in [0.717, 1.165) is 30.9 Å². The number of aromatic amines is 1. The molecule has 5 heteroatoms. The Hall–Kier alpha value is -2.17. The second-order valence-electron chi connectivity index (χ2n) is 6.72. The van der Waals surface area contributed by atoms with Gasteiger partial charge >= 0.3 is 0 Å². The van der Waals surface area contributed by atoms with Gasteiger partial charge < -0.3 is 19.8 Å². The minimum Gasteiger partial charge on any atom is -0.493 e. The Morgan fingerprint density at radius 1 is 1.08 bits per heavy atom. The number of benzene rings is 2. The van der Waals surface area contributed by atoms with Crippen molar-refractivity contribution in [1.29, 1.82) is 0 Å². The van der Waals surface area contributed by atoms with E-state index in [2.05, 4.69) is 47.6 Å². The lowest BCUT2D eigenvalue weighted by atomic mass is 9.94. The minimum atomic E-state index is 0. The number of hydrogen-bond acceptors (Lipinski definition) is 3. The molecule has 0 spiro atoms. The normalized spacial score (nSPS) is 16.0. The number of hydrogen-bond donors (Lipinski definition) is 2. The van der Waals surface area contributed by atoms with E-state index >= 15 is 0 Å². The van der Waals surface area contributed by atoms with Gasteiger partial charge in [-0.2, -0.15) is 0 Å². The minimum absolute atomic E-state index is 0. The van der Waals surface area contributed by atoms with E-state index in [1.165, 1.54) is 33.3 Å². The summed E-state index contributed by atoms with van der Waals surface area (Å²) in [5.74, 6) is 1.55. The van der Waals surface area contributed by atoms with Crippen LogP contribution in [0.1, 0.15) is 29.9 Å². The van der Waals surface area contributed by atoms with Crippen molar-refractivity contribution in [2.24, 2.45) is 0 Å². The second-order valence-corrected chi connectivity index (χ2v) is 6.72. The molecule has 4 rings (SSSR count). The number of fused-ring (bicyclic) bond motifs is 3. The Balaban J connectivity index is 0.00000131. The molecule has 1 aliphatic heterocycles. The Kier molecular flexibility index (Phi) is 5.44. The molecule has 2 heterocycles. The van der Waals surface area contributed by atoms with E-state index < -0.39 is 0 Å². The summed E-state index contributed by atoms with van der Waals surface area (Å²) >= 11 is 0. The summed E-state index contributed by atoms with van der Waals surface area (Å²) in [5.41, 5.74) is 6.56. The number of H-pyrrole nitrogens is 1. The van der Waals surface area contributed by atoms with Crippen molar-refractivity contribution in [3.63, 3.8) is 0 Å². The fourth-order valence-corrected chi connectivity index (χ4v) is 3.84. The standard InChI is InChI=1S/C21H24N2O2.ClH.H2/c1-13-4-6-17-16(10-13)15-8-9-22-18(21(15)23-17)11-14-5-7-19(24-2)20(12-14)25-3;;/h4-7,10,12,18,22-23H,8-9,11H2,1-3H3;2*1H. The van der Waals surface area contributed by atoms with Crippen LogP contribution in [0, 0.1) is 6.92 Å². The largest absolute Gasteiger partial charge is 0.493 e. The van der Waals surface area contributed by atoms with Crippen molar-refractivity contribution in [1.82, 2.24) is 10.3 Å². The molecular formula is C21H27ClN2O2. The van der Waals surface area contributed by atoms with Crippen LogP contribution in [-0.2, 0) is 12.8 Å². The third-order valence-corrected chi connectivity index (χ3v) is 5.10. The molecule has 140 valence electrons. The molecule has 1 aromatic heterocycles. The van der Waals surface area contributed by atoms with E-state index in [0.29, 0.717) is 0 Å². The van der Waals surface area contributed by atoms with Gasteiger partial charge in [0.1, 0.15) is 0 Å². The lowest BCUT2D eigenvalue weighted by Gasteiger charge is -2.25. The number of rotatable bonds is 4. The molecule has 2 aromatic carbocycles. The maximum Gasteiger partial charge on any atom is 0.160 e. The van der Waals surface area contributed by atoms with E-state index in [1.807, 2.05) is 6.07 Å². The molecule has 26 heavy (non-hydrogen) atoms. The molecule has 4 nitrogen and oxygen atoms in total. The summed E-state index contributed by atoms with van der Waals surface area (Å²) in [7, 11) is 3.34. The molecule has 2 N–H and O–H groups in total. The molecule has 0 fully saturated rings.